The summed E-state index contributed by atoms with van der Waals surface area (Å²) in [5, 5.41) is 0.673. The summed E-state index contributed by atoms with van der Waals surface area (Å²) in [5.41, 5.74) is 0.751. The van der Waals surface area contributed by atoms with Gasteiger partial charge < -0.3 is 4.74 Å². The van der Waals surface area contributed by atoms with Crippen LogP contribution < -0.4 is 0 Å². The fraction of sp³-hybridized carbons (Fsp3) is 0.158. The summed E-state index contributed by atoms with van der Waals surface area (Å²) in [6.07, 6.45) is 0.0794. The SMILES string of the molecule is COCCC(=O)c1sc(-c2ccccc2)nc1S(=O)(=O)c1ccc(Cl)cc1. The molecular formula is C19H16ClNO4S2. The minimum Gasteiger partial charge on any atom is -0.384 e. The molecule has 0 aliphatic heterocycles. The number of halogens is 1. The van der Waals surface area contributed by atoms with E-state index >= 15 is 0 Å². The third-order valence-electron chi connectivity index (χ3n) is 3.78. The van der Waals surface area contributed by atoms with Crippen LogP contribution in [0.3, 0.4) is 0 Å². The van der Waals surface area contributed by atoms with Crippen molar-refractivity contribution in [2.45, 2.75) is 16.3 Å². The number of ether oxygens (including phenoxy) is 1. The predicted molar refractivity (Wildman–Crippen MR) is 105 cm³/mol. The van der Waals surface area contributed by atoms with E-state index in [1.807, 2.05) is 30.3 Å². The molecule has 5 nitrogen and oxygen atoms in total. The van der Waals surface area contributed by atoms with Crippen molar-refractivity contribution in [1.29, 1.82) is 0 Å². The lowest BCUT2D eigenvalue weighted by molar-refractivity contribution is 0.0933. The summed E-state index contributed by atoms with van der Waals surface area (Å²) in [4.78, 5) is 17.1. The molecule has 0 aliphatic rings. The Kier molecular flexibility index (Phi) is 6.06. The third kappa shape index (κ3) is 4.27. The Hall–Kier alpha value is -2.06. The molecule has 1 heterocycles. The summed E-state index contributed by atoms with van der Waals surface area (Å²) in [5.74, 6) is -0.316. The Morgan fingerprint density at radius 1 is 1.11 bits per heavy atom. The van der Waals surface area contributed by atoms with Gasteiger partial charge >= 0.3 is 0 Å². The lowest BCUT2D eigenvalue weighted by atomic mass is 10.2. The number of carbonyl (C=O) groups is 1. The lowest BCUT2D eigenvalue weighted by Gasteiger charge is -2.04. The molecule has 0 radical (unpaired) electrons. The number of benzene rings is 2. The second-order valence-electron chi connectivity index (χ2n) is 5.64. The van der Waals surface area contributed by atoms with Crippen LogP contribution in [0.1, 0.15) is 16.1 Å². The number of ketones is 1. The molecule has 0 atom stereocenters. The number of aromatic nitrogens is 1. The highest BCUT2D eigenvalue weighted by Crippen LogP contribution is 2.34. The molecule has 27 heavy (non-hydrogen) atoms. The molecule has 0 amide bonds. The highest BCUT2D eigenvalue weighted by Gasteiger charge is 2.29. The standard InChI is InChI=1S/C19H16ClNO4S2/c1-25-12-11-16(22)17-19(21-18(26-17)13-5-3-2-4-6-13)27(23,24)15-9-7-14(20)8-10-15/h2-10H,11-12H2,1H3. The number of rotatable bonds is 7. The smallest absolute Gasteiger partial charge is 0.225 e. The van der Waals surface area contributed by atoms with E-state index in [4.69, 9.17) is 16.3 Å². The molecule has 1 aromatic heterocycles. The van der Waals surface area contributed by atoms with E-state index in [2.05, 4.69) is 4.98 Å². The molecule has 0 spiro atoms. The maximum Gasteiger partial charge on any atom is 0.225 e. The zero-order chi connectivity index (χ0) is 19.4. The number of hydrogen-bond acceptors (Lipinski definition) is 6. The van der Waals surface area contributed by atoms with Gasteiger partial charge in [-0.05, 0) is 24.3 Å². The van der Waals surface area contributed by atoms with Crippen molar-refractivity contribution in [3.8, 4) is 10.6 Å². The first-order valence-electron chi connectivity index (χ1n) is 8.02. The molecule has 140 valence electrons. The van der Waals surface area contributed by atoms with Crippen LogP contribution in [0.5, 0.6) is 0 Å². The molecule has 2 aromatic carbocycles. The molecule has 0 N–H and O–H groups in total. The monoisotopic (exact) mass is 421 g/mol. The maximum absolute atomic E-state index is 13.1. The molecular weight excluding hydrogens is 406 g/mol. The second kappa shape index (κ2) is 8.31. The second-order valence-corrected chi connectivity index (χ2v) is 8.94. The van der Waals surface area contributed by atoms with Crippen LogP contribution in [0.25, 0.3) is 10.6 Å². The van der Waals surface area contributed by atoms with Crippen molar-refractivity contribution in [1.82, 2.24) is 4.98 Å². The average molecular weight is 422 g/mol. The quantitative estimate of drug-likeness (QED) is 0.524. The molecule has 0 unspecified atom stereocenters. The third-order valence-corrected chi connectivity index (χ3v) is 7.01. The van der Waals surface area contributed by atoms with Gasteiger partial charge in [-0.25, -0.2) is 13.4 Å². The zero-order valence-corrected chi connectivity index (χ0v) is 16.8. The fourth-order valence-corrected chi connectivity index (χ4v) is 5.26. The fourth-order valence-electron chi connectivity index (χ4n) is 2.40. The Labute approximate surface area is 166 Å². The summed E-state index contributed by atoms with van der Waals surface area (Å²) in [6, 6.07) is 14.9. The Morgan fingerprint density at radius 3 is 2.41 bits per heavy atom. The van der Waals surface area contributed by atoms with Crippen LogP contribution >= 0.6 is 22.9 Å². The first-order valence-corrected chi connectivity index (χ1v) is 10.7. The molecule has 0 saturated carbocycles. The van der Waals surface area contributed by atoms with Crippen molar-refractivity contribution < 1.29 is 17.9 Å². The van der Waals surface area contributed by atoms with Crippen molar-refractivity contribution in [3.05, 3.63) is 64.5 Å². The Morgan fingerprint density at radius 2 is 1.78 bits per heavy atom. The number of carbonyl (C=O) groups excluding carboxylic acids is 1. The number of hydrogen-bond donors (Lipinski definition) is 0. The van der Waals surface area contributed by atoms with Crippen LogP contribution in [-0.2, 0) is 14.6 Å². The normalized spacial score (nSPS) is 11.5. The maximum atomic E-state index is 13.1. The highest BCUT2D eigenvalue weighted by molar-refractivity contribution is 7.91. The first kappa shape index (κ1) is 19.7. The molecule has 8 heteroatoms. The Bertz CT molecular complexity index is 1050. The van der Waals surface area contributed by atoms with Crippen molar-refractivity contribution in [2.24, 2.45) is 0 Å². The largest absolute Gasteiger partial charge is 0.384 e. The van der Waals surface area contributed by atoms with Crippen LogP contribution in [0, 0.1) is 0 Å². The van der Waals surface area contributed by atoms with Gasteiger partial charge in [-0.15, -0.1) is 11.3 Å². The van der Waals surface area contributed by atoms with Crippen LogP contribution in [0.4, 0.5) is 0 Å². The summed E-state index contributed by atoms with van der Waals surface area (Å²) in [6.45, 7) is 0.206. The van der Waals surface area contributed by atoms with Gasteiger partial charge in [-0.1, -0.05) is 41.9 Å². The van der Waals surface area contributed by atoms with E-state index in [1.54, 1.807) is 0 Å². The van der Waals surface area contributed by atoms with Gasteiger partial charge in [0.25, 0.3) is 0 Å². The van der Waals surface area contributed by atoms with Gasteiger partial charge in [0.1, 0.15) is 9.88 Å². The number of Topliss-reactive ketones (excluding diaryl/α,β-unsaturated/α-hetero) is 1. The first-order chi connectivity index (χ1) is 12.9. The minimum absolute atomic E-state index is 0.0394. The van der Waals surface area contributed by atoms with Crippen molar-refractivity contribution in [2.75, 3.05) is 13.7 Å². The molecule has 3 rings (SSSR count). The predicted octanol–water partition coefficient (Wildman–Crippen LogP) is 4.52. The molecule has 0 aliphatic carbocycles. The minimum atomic E-state index is -3.96. The molecule has 0 saturated heterocycles. The topological polar surface area (TPSA) is 73.3 Å². The van der Waals surface area contributed by atoms with Gasteiger partial charge in [0.15, 0.2) is 10.8 Å². The summed E-state index contributed by atoms with van der Waals surface area (Å²) >= 11 is 6.93. The summed E-state index contributed by atoms with van der Waals surface area (Å²) in [7, 11) is -2.48. The summed E-state index contributed by atoms with van der Waals surface area (Å²) < 4.78 is 31.2. The van der Waals surface area contributed by atoms with Gasteiger partial charge in [0.05, 0.1) is 11.5 Å². The molecule has 0 bridgehead atoms. The number of sulfone groups is 1. The van der Waals surface area contributed by atoms with E-state index in [0.29, 0.717) is 10.0 Å². The lowest BCUT2D eigenvalue weighted by Crippen LogP contribution is -2.10. The zero-order valence-electron chi connectivity index (χ0n) is 14.4. The number of nitrogens with zero attached hydrogens (tertiary/aromatic N) is 1. The van der Waals surface area contributed by atoms with Crippen LogP contribution in [-0.4, -0.2) is 32.9 Å². The molecule has 3 aromatic rings. The average Bonchev–Trinajstić information content (AvgIpc) is 3.13. The van der Waals surface area contributed by atoms with Gasteiger partial charge in [0.2, 0.25) is 9.84 Å². The van der Waals surface area contributed by atoms with Crippen molar-refractivity contribution >= 4 is 38.6 Å². The van der Waals surface area contributed by atoms with Gasteiger partial charge in [-0.2, -0.15) is 0 Å². The number of methoxy groups -OCH3 is 1. The van der Waals surface area contributed by atoms with E-state index in [0.717, 1.165) is 16.9 Å². The Balaban J connectivity index is 2.13. The van der Waals surface area contributed by atoms with Crippen molar-refractivity contribution in [3.63, 3.8) is 0 Å². The van der Waals surface area contributed by atoms with E-state index < -0.39 is 9.84 Å². The highest BCUT2D eigenvalue weighted by atomic mass is 35.5. The number of thiazole rings is 1. The van der Waals surface area contributed by atoms with E-state index in [1.165, 1.54) is 31.4 Å². The van der Waals surface area contributed by atoms with Gasteiger partial charge in [-0.3, -0.25) is 4.79 Å². The van der Waals surface area contributed by atoms with Gasteiger partial charge in [0, 0.05) is 24.1 Å². The molecule has 0 fully saturated rings. The van der Waals surface area contributed by atoms with Crippen LogP contribution in [0.15, 0.2) is 64.5 Å². The van der Waals surface area contributed by atoms with E-state index in [-0.39, 0.29) is 33.6 Å². The van der Waals surface area contributed by atoms with E-state index in [9.17, 15) is 13.2 Å². The van der Waals surface area contributed by atoms with Crippen LogP contribution in [0.2, 0.25) is 5.02 Å².